The second-order valence-corrected chi connectivity index (χ2v) is 9.63. The zero-order chi connectivity index (χ0) is 19.7. The van der Waals surface area contributed by atoms with Gasteiger partial charge in [-0.2, -0.15) is 13.1 Å². The van der Waals surface area contributed by atoms with Crippen molar-refractivity contribution in [1.82, 2.24) is 9.62 Å². The number of hydrogen-bond donors (Lipinski definition) is 1. The average Bonchev–Trinajstić information content (AvgIpc) is 2.95. The first kappa shape index (κ1) is 20.0. The summed E-state index contributed by atoms with van der Waals surface area (Å²) in [6.45, 7) is -1.37. The standard InChI is InChI=1S/C19H26F2N2O4S/c20-19(21)27-17-3-5-18(6-4-17)28(24,25)23-15-1-2-16(23)12-14(11-15)22-13-7-9-26-10-8-13/h3-6,13-16,19,22H,1-2,7-12H2/t14?,15-,16+. The van der Waals surface area contributed by atoms with E-state index in [2.05, 4.69) is 10.1 Å². The molecule has 1 aromatic carbocycles. The SMILES string of the molecule is O=S(=O)(c1ccc(OC(F)F)cc1)N1[C@@H]2CC[C@H]1CC(NC1CCOCC1)C2. The number of fused-ring (bicyclic) bond motifs is 2. The van der Waals surface area contributed by atoms with Gasteiger partial charge >= 0.3 is 6.61 Å². The molecule has 0 saturated carbocycles. The number of ether oxygens (including phenoxy) is 2. The summed E-state index contributed by atoms with van der Waals surface area (Å²) in [7, 11) is -3.66. The van der Waals surface area contributed by atoms with Crippen LogP contribution in [0.15, 0.2) is 29.2 Å². The molecular formula is C19H26F2N2O4S. The Hall–Kier alpha value is -1.29. The highest BCUT2D eigenvalue weighted by atomic mass is 32.2. The lowest BCUT2D eigenvalue weighted by atomic mass is 9.97. The third-order valence-corrected chi connectivity index (χ3v) is 8.00. The van der Waals surface area contributed by atoms with Crippen molar-refractivity contribution >= 4 is 10.0 Å². The number of rotatable bonds is 6. The molecule has 6 nitrogen and oxygen atoms in total. The monoisotopic (exact) mass is 416 g/mol. The van der Waals surface area contributed by atoms with E-state index in [1.54, 1.807) is 4.31 Å². The first-order chi connectivity index (χ1) is 13.4. The van der Waals surface area contributed by atoms with Gasteiger partial charge in [0.15, 0.2) is 0 Å². The zero-order valence-electron chi connectivity index (χ0n) is 15.6. The predicted octanol–water partition coefficient (Wildman–Crippen LogP) is 2.74. The van der Waals surface area contributed by atoms with Gasteiger partial charge in [-0.05, 0) is 62.8 Å². The molecule has 28 heavy (non-hydrogen) atoms. The van der Waals surface area contributed by atoms with E-state index < -0.39 is 16.6 Å². The molecule has 0 aliphatic carbocycles. The van der Waals surface area contributed by atoms with Crippen LogP contribution in [0.4, 0.5) is 8.78 Å². The van der Waals surface area contributed by atoms with E-state index in [0.29, 0.717) is 12.1 Å². The molecule has 3 saturated heterocycles. The molecule has 156 valence electrons. The molecule has 0 aromatic heterocycles. The summed E-state index contributed by atoms with van der Waals surface area (Å²) < 4.78 is 62.3. The lowest BCUT2D eigenvalue weighted by Gasteiger charge is -2.40. The van der Waals surface area contributed by atoms with Crippen molar-refractivity contribution in [3.8, 4) is 5.75 Å². The highest BCUT2D eigenvalue weighted by molar-refractivity contribution is 7.89. The van der Waals surface area contributed by atoms with Crippen molar-refractivity contribution in [2.24, 2.45) is 0 Å². The van der Waals surface area contributed by atoms with Crippen molar-refractivity contribution in [1.29, 1.82) is 0 Å². The minimum absolute atomic E-state index is 0.0157. The number of piperidine rings is 1. The molecule has 1 unspecified atom stereocenters. The molecule has 0 radical (unpaired) electrons. The van der Waals surface area contributed by atoms with Gasteiger partial charge in [0, 0.05) is 37.4 Å². The first-order valence-corrected chi connectivity index (χ1v) is 11.3. The van der Waals surface area contributed by atoms with Crippen molar-refractivity contribution < 1.29 is 26.7 Å². The summed E-state index contributed by atoms with van der Waals surface area (Å²) >= 11 is 0. The molecule has 9 heteroatoms. The molecule has 1 aromatic rings. The molecule has 0 spiro atoms. The number of sulfonamides is 1. The van der Waals surface area contributed by atoms with Crippen LogP contribution >= 0.6 is 0 Å². The largest absolute Gasteiger partial charge is 0.435 e. The maximum Gasteiger partial charge on any atom is 0.387 e. The normalized spacial score (nSPS) is 29.3. The van der Waals surface area contributed by atoms with Crippen LogP contribution in [-0.4, -0.2) is 56.7 Å². The molecule has 3 fully saturated rings. The Morgan fingerprint density at radius 1 is 1.00 bits per heavy atom. The van der Waals surface area contributed by atoms with Gasteiger partial charge in [0.05, 0.1) is 4.90 Å². The van der Waals surface area contributed by atoms with Gasteiger partial charge in [-0.15, -0.1) is 0 Å². The van der Waals surface area contributed by atoms with Gasteiger partial charge in [0.2, 0.25) is 10.0 Å². The number of alkyl halides is 2. The summed E-state index contributed by atoms with van der Waals surface area (Å²) in [5.41, 5.74) is 0. The Morgan fingerprint density at radius 3 is 2.18 bits per heavy atom. The van der Waals surface area contributed by atoms with E-state index in [-0.39, 0.29) is 22.7 Å². The van der Waals surface area contributed by atoms with Crippen molar-refractivity contribution in [3.63, 3.8) is 0 Å². The Balaban J connectivity index is 1.44. The minimum Gasteiger partial charge on any atom is -0.435 e. The third-order valence-electron chi connectivity index (χ3n) is 5.98. The van der Waals surface area contributed by atoms with Crippen molar-refractivity contribution in [2.75, 3.05) is 13.2 Å². The van der Waals surface area contributed by atoms with Gasteiger partial charge in [-0.25, -0.2) is 8.42 Å². The molecule has 3 aliphatic rings. The van der Waals surface area contributed by atoms with E-state index in [1.807, 2.05) is 0 Å². The maximum absolute atomic E-state index is 13.2. The Morgan fingerprint density at radius 2 is 1.61 bits per heavy atom. The van der Waals surface area contributed by atoms with Gasteiger partial charge < -0.3 is 14.8 Å². The van der Waals surface area contributed by atoms with Crippen molar-refractivity contribution in [3.05, 3.63) is 24.3 Å². The highest BCUT2D eigenvalue weighted by Gasteiger charge is 2.47. The van der Waals surface area contributed by atoms with Crippen LogP contribution in [0.1, 0.15) is 38.5 Å². The number of halogens is 2. The molecule has 0 amide bonds. The number of nitrogens with zero attached hydrogens (tertiary/aromatic N) is 1. The molecule has 3 heterocycles. The van der Waals surface area contributed by atoms with Gasteiger partial charge in [0.25, 0.3) is 0 Å². The van der Waals surface area contributed by atoms with Crippen LogP contribution in [0.5, 0.6) is 5.75 Å². The maximum atomic E-state index is 13.2. The molecule has 3 atom stereocenters. The number of hydrogen-bond acceptors (Lipinski definition) is 5. The fourth-order valence-corrected chi connectivity index (χ4v) is 6.67. The Kier molecular flexibility index (Phi) is 5.87. The van der Waals surface area contributed by atoms with E-state index in [1.165, 1.54) is 24.3 Å². The van der Waals surface area contributed by atoms with Gasteiger partial charge in [0.1, 0.15) is 5.75 Å². The van der Waals surface area contributed by atoms with E-state index in [0.717, 1.165) is 51.7 Å². The van der Waals surface area contributed by atoms with E-state index in [9.17, 15) is 17.2 Å². The highest BCUT2D eigenvalue weighted by Crippen LogP contribution is 2.40. The second-order valence-electron chi connectivity index (χ2n) is 7.79. The summed E-state index contributed by atoms with van der Waals surface area (Å²) in [6.07, 6.45) is 5.34. The fraction of sp³-hybridized carbons (Fsp3) is 0.684. The zero-order valence-corrected chi connectivity index (χ0v) is 16.4. The smallest absolute Gasteiger partial charge is 0.387 e. The fourth-order valence-electron chi connectivity index (χ4n) is 4.77. The molecule has 4 rings (SSSR count). The Bertz CT molecular complexity index is 755. The third kappa shape index (κ3) is 4.17. The lowest BCUT2D eigenvalue weighted by molar-refractivity contribution is -0.0498. The summed E-state index contributed by atoms with van der Waals surface area (Å²) in [4.78, 5) is 0.127. The Labute approximate surface area is 164 Å². The van der Waals surface area contributed by atoms with Crippen molar-refractivity contribution in [2.45, 2.75) is 74.2 Å². The van der Waals surface area contributed by atoms with Gasteiger partial charge in [-0.3, -0.25) is 0 Å². The summed E-state index contributed by atoms with van der Waals surface area (Å²) in [5.74, 6) is -0.0451. The molecule has 2 bridgehead atoms. The van der Waals surface area contributed by atoms with Crippen LogP contribution in [0.2, 0.25) is 0 Å². The van der Waals surface area contributed by atoms with Gasteiger partial charge in [-0.1, -0.05) is 0 Å². The van der Waals surface area contributed by atoms with Crippen LogP contribution < -0.4 is 10.1 Å². The lowest BCUT2D eigenvalue weighted by Crippen LogP contribution is -2.53. The van der Waals surface area contributed by atoms with Crippen LogP contribution in [-0.2, 0) is 14.8 Å². The van der Waals surface area contributed by atoms with Crippen LogP contribution in [0.3, 0.4) is 0 Å². The van der Waals surface area contributed by atoms with Crippen LogP contribution in [0.25, 0.3) is 0 Å². The average molecular weight is 416 g/mol. The molecule has 1 N–H and O–H groups in total. The minimum atomic E-state index is -3.66. The second kappa shape index (κ2) is 8.22. The van der Waals surface area contributed by atoms with E-state index >= 15 is 0 Å². The van der Waals surface area contributed by atoms with Crippen LogP contribution in [0, 0.1) is 0 Å². The van der Waals surface area contributed by atoms with E-state index in [4.69, 9.17) is 4.74 Å². The quantitative estimate of drug-likeness (QED) is 0.772. The first-order valence-electron chi connectivity index (χ1n) is 9.85. The predicted molar refractivity (Wildman–Crippen MR) is 98.9 cm³/mol. The summed E-state index contributed by atoms with van der Waals surface area (Å²) in [5, 5.41) is 3.71. The molecule has 3 aliphatic heterocycles. The molecular weight excluding hydrogens is 390 g/mol. The topological polar surface area (TPSA) is 67.9 Å². The number of benzene rings is 1. The summed E-state index contributed by atoms with van der Waals surface area (Å²) in [6, 6.07) is 5.99. The number of nitrogens with one attached hydrogen (secondary N) is 1.